The largest absolute Gasteiger partial charge is 0.487 e. The number of piperazine rings is 1. The molecule has 3 aromatic heterocycles. The smallest absolute Gasteiger partial charge is 0.345 e. The Balaban J connectivity index is 1.14. The van der Waals surface area contributed by atoms with Crippen LogP contribution in [0.4, 0.5) is 4.39 Å². The number of carboxylic acids is 1. The Labute approximate surface area is 362 Å². The Morgan fingerprint density at radius 1 is 0.984 bits per heavy atom. The average Bonchev–Trinajstić information content (AvgIpc) is 3.95. The van der Waals surface area contributed by atoms with E-state index in [4.69, 9.17) is 30.8 Å². The van der Waals surface area contributed by atoms with Gasteiger partial charge in [0.05, 0.1) is 17.7 Å². The maximum absolute atomic E-state index is 14.2. The molecule has 12 nitrogen and oxygen atoms in total. The highest BCUT2D eigenvalue weighted by Gasteiger charge is 2.29. The van der Waals surface area contributed by atoms with Crippen molar-refractivity contribution in [2.45, 2.75) is 51.5 Å². The summed E-state index contributed by atoms with van der Waals surface area (Å²) < 4.78 is 32.8. The molecule has 10 rings (SSSR count). The van der Waals surface area contributed by atoms with E-state index in [2.05, 4.69) is 48.8 Å². The molecule has 0 aliphatic carbocycles. The van der Waals surface area contributed by atoms with Gasteiger partial charge in [-0.2, -0.15) is 0 Å². The highest BCUT2D eigenvalue weighted by atomic mass is 35.5. The molecule has 15 heteroatoms. The van der Waals surface area contributed by atoms with E-state index in [-0.39, 0.29) is 30.6 Å². The molecule has 2 fully saturated rings. The number of aliphatic carboxylic acids is 1. The van der Waals surface area contributed by atoms with Crippen LogP contribution in [0, 0.1) is 12.7 Å². The van der Waals surface area contributed by atoms with Gasteiger partial charge in [-0.1, -0.05) is 48.0 Å². The van der Waals surface area contributed by atoms with Crippen molar-refractivity contribution in [1.82, 2.24) is 34.6 Å². The molecule has 7 heterocycles. The van der Waals surface area contributed by atoms with Crippen molar-refractivity contribution < 1.29 is 28.5 Å². The summed E-state index contributed by atoms with van der Waals surface area (Å²) in [5.74, 6) is 0.0234. The van der Waals surface area contributed by atoms with Crippen molar-refractivity contribution in [3.8, 4) is 33.2 Å². The van der Waals surface area contributed by atoms with E-state index >= 15 is 0 Å². The summed E-state index contributed by atoms with van der Waals surface area (Å²) in [6, 6.07) is 18.3. The van der Waals surface area contributed by atoms with Gasteiger partial charge >= 0.3 is 5.97 Å². The van der Waals surface area contributed by atoms with Gasteiger partial charge < -0.3 is 24.2 Å². The average molecular weight is 864 g/mol. The summed E-state index contributed by atoms with van der Waals surface area (Å²) >= 11 is 8.77. The SMILES string of the molecule is Cc1c2ccc(c1Cl)CN(CCN1CCN(C)CC1)Cc1ccc(OCc3ccnc([C@@H]4CCOC4)n3)c(c1)C[C@H](C(=O)O)Oc1ncnc3sc(-c4ccc(F)cc4)c-2c13. The number of rotatable bonds is 9. The van der Waals surface area contributed by atoms with E-state index in [0.29, 0.717) is 58.5 Å². The van der Waals surface area contributed by atoms with Crippen LogP contribution >= 0.6 is 22.9 Å². The van der Waals surface area contributed by atoms with Gasteiger partial charge in [0.1, 0.15) is 35.2 Å². The maximum atomic E-state index is 14.2. The fraction of sp³-hybridized carbons (Fsp3) is 0.370. The van der Waals surface area contributed by atoms with E-state index in [1.165, 1.54) is 29.8 Å². The van der Waals surface area contributed by atoms with Gasteiger partial charge in [-0.25, -0.2) is 29.1 Å². The zero-order chi connectivity index (χ0) is 42.0. The van der Waals surface area contributed by atoms with Crippen molar-refractivity contribution >= 4 is 39.1 Å². The van der Waals surface area contributed by atoms with E-state index in [0.717, 1.165) is 89.8 Å². The molecule has 4 aliphatic rings. The minimum Gasteiger partial charge on any atom is -0.487 e. The summed E-state index contributed by atoms with van der Waals surface area (Å²) in [4.78, 5) is 40.4. The van der Waals surface area contributed by atoms with Crippen molar-refractivity contribution in [2.24, 2.45) is 0 Å². The number of benzene rings is 3. The van der Waals surface area contributed by atoms with Gasteiger partial charge in [0.25, 0.3) is 0 Å². The maximum Gasteiger partial charge on any atom is 0.345 e. The molecule has 1 N–H and O–H groups in total. The molecule has 4 bridgehead atoms. The van der Waals surface area contributed by atoms with Crippen LogP contribution in [0.2, 0.25) is 5.02 Å². The first-order valence-electron chi connectivity index (χ1n) is 20.7. The summed E-state index contributed by atoms with van der Waals surface area (Å²) in [6.07, 6.45) is 2.63. The predicted octanol–water partition coefficient (Wildman–Crippen LogP) is 7.64. The molecule has 0 spiro atoms. The van der Waals surface area contributed by atoms with Crippen molar-refractivity contribution in [3.63, 3.8) is 0 Å². The van der Waals surface area contributed by atoms with E-state index < -0.39 is 12.1 Å². The van der Waals surface area contributed by atoms with Crippen LogP contribution in [0.3, 0.4) is 0 Å². The van der Waals surface area contributed by atoms with Gasteiger partial charge in [-0.05, 0) is 78.0 Å². The first-order valence-corrected chi connectivity index (χ1v) is 21.8. The number of aromatic nitrogens is 4. The third-order valence-electron chi connectivity index (χ3n) is 11.9. The summed E-state index contributed by atoms with van der Waals surface area (Å²) in [7, 11) is 2.16. The molecule has 4 aliphatic heterocycles. The monoisotopic (exact) mass is 863 g/mol. The summed E-state index contributed by atoms with van der Waals surface area (Å²) in [6.45, 7) is 10.4. The third kappa shape index (κ3) is 9.11. The molecule has 6 aromatic rings. The lowest BCUT2D eigenvalue weighted by Gasteiger charge is -2.34. The molecular weight excluding hydrogens is 817 g/mol. The van der Waals surface area contributed by atoms with Gasteiger partial charge in [-0.3, -0.25) is 9.80 Å². The van der Waals surface area contributed by atoms with Crippen molar-refractivity contribution in [1.29, 1.82) is 0 Å². The number of hydrogen-bond donors (Lipinski definition) is 1. The lowest BCUT2D eigenvalue weighted by Crippen LogP contribution is -2.46. The second-order valence-electron chi connectivity index (χ2n) is 16.1. The van der Waals surface area contributed by atoms with Crippen LogP contribution in [0.15, 0.2) is 73.2 Å². The number of ether oxygens (including phenoxy) is 3. The fourth-order valence-corrected chi connectivity index (χ4v) is 9.76. The second-order valence-corrected chi connectivity index (χ2v) is 17.5. The second kappa shape index (κ2) is 18.1. The third-order valence-corrected chi connectivity index (χ3v) is 13.6. The molecule has 3 aromatic carbocycles. The van der Waals surface area contributed by atoms with Crippen LogP contribution in [-0.2, 0) is 35.6 Å². The lowest BCUT2D eigenvalue weighted by molar-refractivity contribution is -0.145. The van der Waals surface area contributed by atoms with Crippen LogP contribution in [0.5, 0.6) is 11.6 Å². The molecule has 2 atom stereocenters. The Morgan fingerprint density at radius 2 is 1.80 bits per heavy atom. The van der Waals surface area contributed by atoms with Crippen LogP contribution in [0.1, 0.15) is 46.1 Å². The number of likely N-dealkylation sites (N-methyl/N-ethyl adjacent to an activating group) is 1. The summed E-state index contributed by atoms with van der Waals surface area (Å²) in [5, 5.41) is 12.0. The standard InChI is InChI=1S/C46H47ClFN7O5S/c1-28-36-9-6-31(41(28)47)24-55(19-18-54-16-14-53(2)15-17-54)23-29-3-10-37(59-26-35-11-13-49-43(52-35)32-12-20-58-25-32)33(21-29)22-38(46(56)57)60-44-40-39(36)42(61-45(40)51-27-50-44)30-4-7-34(48)8-5-30/h3-11,13,21,27,32,38H,12,14-20,22-26H2,1-2H3,(H,56,57)/t32-,38-/m1/s1. The van der Waals surface area contributed by atoms with Crippen LogP contribution in [0.25, 0.3) is 31.8 Å². The van der Waals surface area contributed by atoms with E-state index in [1.807, 2.05) is 31.2 Å². The zero-order valence-electron chi connectivity index (χ0n) is 34.2. The van der Waals surface area contributed by atoms with Gasteiger partial charge in [0.15, 0.2) is 0 Å². The number of halogens is 2. The normalized spacial score (nSPS) is 19.0. The van der Waals surface area contributed by atoms with Gasteiger partial charge in [-0.15, -0.1) is 11.3 Å². The number of thiophene rings is 1. The van der Waals surface area contributed by atoms with Crippen molar-refractivity contribution in [3.05, 3.63) is 118 Å². The first kappa shape index (κ1) is 41.3. The number of carbonyl (C=O) groups is 1. The number of fused-ring (bicyclic) bond motifs is 6. The molecule has 316 valence electrons. The summed E-state index contributed by atoms with van der Waals surface area (Å²) in [5.41, 5.74) is 6.58. The van der Waals surface area contributed by atoms with Gasteiger partial charge in [0, 0.05) is 93.0 Å². The van der Waals surface area contributed by atoms with Gasteiger partial charge in [0.2, 0.25) is 12.0 Å². The molecular formula is C46H47ClFN7O5S. The number of carboxylic acid groups (broad SMARTS) is 1. The Morgan fingerprint density at radius 3 is 2.59 bits per heavy atom. The Bertz CT molecular complexity index is 2550. The molecule has 0 unspecified atom stereocenters. The highest BCUT2D eigenvalue weighted by molar-refractivity contribution is 7.22. The molecule has 0 amide bonds. The molecule has 0 saturated carbocycles. The fourth-order valence-electron chi connectivity index (χ4n) is 8.38. The number of nitrogens with zero attached hydrogens (tertiary/aromatic N) is 7. The predicted molar refractivity (Wildman–Crippen MR) is 233 cm³/mol. The minimum absolute atomic E-state index is 0.0113. The molecule has 61 heavy (non-hydrogen) atoms. The lowest BCUT2D eigenvalue weighted by atomic mass is 9.94. The molecule has 2 saturated heterocycles. The van der Waals surface area contributed by atoms with Crippen molar-refractivity contribution in [2.75, 3.05) is 59.5 Å². The quantitative estimate of drug-likeness (QED) is 0.154. The Kier molecular flexibility index (Phi) is 12.2. The minimum atomic E-state index is -1.35. The number of hydrogen-bond acceptors (Lipinski definition) is 12. The van der Waals surface area contributed by atoms with E-state index in [1.54, 1.807) is 18.3 Å². The highest BCUT2D eigenvalue weighted by Crippen LogP contribution is 2.49. The molecule has 0 radical (unpaired) electrons. The van der Waals surface area contributed by atoms with E-state index in [9.17, 15) is 14.3 Å². The Hall–Kier alpha value is -5.09. The zero-order valence-corrected chi connectivity index (χ0v) is 35.7. The van der Waals surface area contributed by atoms with Crippen LogP contribution in [-0.4, -0.2) is 111 Å². The van der Waals surface area contributed by atoms with Crippen LogP contribution < -0.4 is 9.47 Å². The first-order chi connectivity index (χ1) is 29.7. The topological polar surface area (TPSA) is 126 Å².